The first kappa shape index (κ1) is 6.78. The summed E-state index contributed by atoms with van der Waals surface area (Å²) >= 11 is 0. The first-order chi connectivity index (χ1) is 3.93. The van der Waals surface area contributed by atoms with E-state index in [-0.39, 0.29) is 0 Å². The highest BCUT2D eigenvalue weighted by molar-refractivity contribution is 8.76. The molecular formula is C5H9OS2. The maximum absolute atomic E-state index is 5.10. The van der Waals surface area contributed by atoms with Gasteiger partial charge in [0.25, 0.3) is 0 Å². The minimum absolute atomic E-state index is 0.404. The van der Waals surface area contributed by atoms with Gasteiger partial charge in [-0.1, -0.05) is 21.6 Å². The summed E-state index contributed by atoms with van der Waals surface area (Å²) < 4.78 is 5.10. The molecule has 0 saturated carbocycles. The Hall–Kier alpha value is 0.660. The van der Waals surface area contributed by atoms with E-state index in [0.29, 0.717) is 6.10 Å². The van der Waals surface area contributed by atoms with Crippen LogP contribution < -0.4 is 0 Å². The number of ether oxygens (including phenoxy) is 1. The van der Waals surface area contributed by atoms with Crippen molar-refractivity contribution in [3.05, 3.63) is 6.42 Å². The van der Waals surface area contributed by atoms with E-state index in [0.717, 1.165) is 11.5 Å². The van der Waals surface area contributed by atoms with E-state index >= 15 is 0 Å². The van der Waals surface area contributed by atoms with Gasteiger partial charge in [-0.05, 0) is 0 Å². The average molecular weight is 149 g/mol. The first-order valence-corrected chi connectivity index (χ1v) is 5.03. The van der Waals surface area contributed by atoms with Crippen LogP contribution in [0.15, 0.2) is 0 Å². The van der Waals surface area contributed by atoms with Crippen molar-refractivity contribution in [2.75, 3.05) is 18.6 Å². The van der Waals surface area contributed by atoms with Gasteiger partial charge in [0, 0.05) is 25.0 Å². The average Bonchev–Trinajstić information content (AvgIpc) is 1.90. The minimum Gasteiger partial charge on any atom is -0.380 e. The topological polar surface area (TPSA) is 9.23 Å². The Morgan fingerprint density at radius 1 is 1.62 bits per heavy atom. The van der Waals surface area contributed by atoms with Gasteiger partial charge in [-0.3, -0.25) is 0 Å². The van der Waals surface area contributed by atoms with E-state index in [1.165, 1.54) is 0 Å². The lowest BCUT2D eigenvalue weighted by molar-refractivity contribution is 0.148. The van der Waals surface area contributed by atoms with E-state index in [2.05, 4.69) is 6.42 Å². The Bertz CT molecular complexity index is 61.4. The molecule has 0 aliphatic carbocycles. The van der Waals surface area contributed by atoms with Crippen molar-refractivity contribution in [1.82, 2.24) is 0 Å². The predicted molar refractivity (Wildman–Crippen MR) is 40.0 cm³/mol. The fourth-order valence-corrected chi connectivity index (χ4v) is 2.65. The van der Waals surface area contributed by atoms with Crippen molar-refractivity contribution in [3.8, 4) is 0 Å². The number of hydrogen-bond donors (Lipinski definition) is 0. The third kappa shape index (κ3) is 1.88. The molecule has 1 heterocycles. The van der Waals surface area contributed by atoms with Crippen molar-refractivity contribution in [3.63, 3.8) is 0 Å². The molecule has 1 unspecified atom stereocenters. The van der Waals surface area contributed by atoms with E-state index in [4.69, 9.17) is 4.74 Å². The summed E-state index contributed by atoms with van der Waals surface area (Å²) in [5.41, 5.74) is 0. The van der Waals surface area contributed by atoms with Crippen LogP contribution in [0, 0.1) is 6.42 Å². The molecule has 0 bridgehead atoms. The molecule has 1 nitrogen and oxygen atoms in total. The first-order valence-electron chi connectivity index (χ1n) is 2.54. The highest BCUT2D eigenvalue weighted by Gasteiger charge is 2.12. The van der Waals surface area contributed by atoms with Crippen LogP contribution in [0.1, 0.15) is 0 Å². The summed E-state index contributed by atoms with van der Waals surface area (Å²) in [5.74, 6) is 2.24. The Labute approximate surface area is 58.0 Å². The Morgan fingerprint density at radius 3 is 2.88 bits per heavy atom. The molecule has 1 rings (SSSR count). The largest absolute Gasteiger partial charge is 0.380 e. The van der Waals surface area contributed by atoms with Gasteiger partial charge in [-0.2, -0.15) is 0 Å². The second-order valence-corrected chi connectivity index (χ2v) is 4.13. The fraction of sp³-hybridized carbons (Fsp3) is 0.800. The second-order valence-electron chi connectivity index (χ2n) is 1.58. The zero-order chi connectivity index (χ0) is 5.82. The number of hydrogen-bond acceptors (Lipinski definition) is 3. The highest BCUT2D eigenvalue weighted by atomic mass is 33.1. The van der Waals surface area contributed by atoms with Crippen LogP contribution in [-0.4, -0.2) is 24.7 Å². The zero-order valence-electron chi connectivity index (χ0n) is 4.79. The van der Waals surface area contributed by atoms with Crippen LogP contribution in [0.25, 0.3) is 0 Å². The Balaban J connectivity index is 2.13. The van der Waals surface area contributed by atoms with Crippen LogP contribution in [0.5, 0.6) is 0 Å². The molecule has 3 heteroatoms. The molecule has 1 radical (unpaired) electrons. The van der Waals surface area contributed by atoms with Gasteiger partial charge in [0.05, 0.1) is 6.10 Å². The number of methoxy groups -OCH3 is 1. The molecule has 0 N–H and O–H groups in total. The monoisotopic (exact) mass is 149 g/mol. The van der Waals surface area contributed by atoms with Crippen LogP contribution in [0.4, 0.5) is 0 Å². The third-order valence-electron chi connectivity index (χ3n) is 1.05. The second kappa shape index (κ2) is 3.64. The minimum atomic E-state index is 0.404. The molecule has 0 aromatic carbocycles. The van der Waals surface area contributed by atoms with Crippen LogP contribution in [0.2, 0.25) is 0 Å². The van der Waals surface area contributed by atoms with Gasteiger partial charge in [0.2, 0.25) is 0 Å². The zero-order valence-corrected chi connectivity index (χ0v) is 6.43. The van der Waals surface area contributed by atoms with Gasteiger partial charge in [0.15, 0.2) is 0 Å². The smallest absolute Gasteiger partial charge is 0.0710 e. The predicted octanol–water partition coefficient (Wildman–Crippen LogP) is 1.60. The van der Waals surface area contributed by atoms with Crippen molar-refractivity contribution in [1.29, 1.82) is 0 Å². The van der Waals surface area contributed by atoms with Crippen molar-refractivity contribution in [2.24, 2.45) is 0 Å². The summed E-state index contributed by atoms with van der Waals surface area (Å²) in [6.07, 6.45) is 2.61. The van der Waals surface area contributed by atoms with Gasteiger partial charge in [-0.15, -0.1) is 0 Å². The molecule has 1 fully saturated rings. The van der Waals surface area contributed by atoms with E-state index < -0.39 is 0 Å². The SMILES string of the molecule is COC1[CH]CSSC1. The van der Waals surface area contributed by atoms with Gasteiger partial charge >= 0.3 is 0 Å². The third-order valence-corrected chi connectivity index (χ3v) is 3.32. The summed E-state index contributed by atoms with van der Waals surface area (Å²) in [6.45, 7) is 0. The molecule has 0 aromatic heterocycles. The molecule has 1 aliphatic heterocycles. The molecule has 1 aliphatic rings. The van der Waals surface area contributed by atoms with Crippen molar-refractivity contribution >= 4 is 21.6 Å². The molecule has 47 valence electrons. The number of rotatable bonds is 1. The Kier molecular flexibility index (Phi) is 3.08. The molecule has 1 atom stereocenters. The Morgan fingerprint density at radius 2 is 2.50 bits per heavy atom. The maximum Gasteiger partial charge on any atom is 0.0710 e. The lowest BCUT2D eigenvalue weighted by Gasteiger charge is -2.17. The van der Waals surface area contributed by atoms with E-state index in [1.807, 2.05) is 21.6 Å². The summed E-state index contributed by atoms with van der Waals surface area (Å²) in [7, 11) is 5.54. The molecule has 1 saturated heterocycles. The van der Waals surface area contributed by atoms with Crippen LogP contribution in [0.3, 0.4) is 0 Å². The van der Waals surface area contributed by atoms with Gasteiger partial charge in [-0.25, -0.2) is 0 Å². The standard InChI is InChI=1S/C5H9OS2/c1-6-5-2-3-7-8-4-5/h2,5H,3-4H2,1H3. The summed E-state index contributed by atoms with van der Waals surface area (Å²) in [5, 5.41) is 0. The van der Waals surface area contributed by atoms with Crippen molar-refractivity contribution in [2.45, 2.75) is 6.10 Å². The molecule has 0 amide bonds. The van der Waals surface area contributed by atoms with Crippen molar-refractivity contribution < 1.29 is 4.74 Å². The molecule has 0 spiro atoms. The van der Waals surface area contributed by atoms with E-state index in [1.54, 1.807) is 7.11 Å². The van der Waals surface area contributed by atoms with Gasteiger partial charge in [0.1, 0.15) is 0 Å². The lowest BCUT2D eigenvalue weighted by Crippen LogP contribution is -2.17. The summed E-state index contributed by atoms with van der Waals surface area (Å²) in [6, 6.07) is 0. The quantitative estimate of drug-likeness (QED) is 0.524. The van der Waals surface area contributed by atoms with Crippen LogP contribution in [-0.2, 0) is 4.74 Å². The summed E-state index contributed by atoms with van der Waals surface area (Å²) in [4.78, 5) is 0. The van der Waals surface area contributed by atoms with Gasteiger partial charge < -0.3 is 4.74 Å². The van der Waals surface area contributed by atoms with E-state index in [9.17, 15) is 0 Å². The highest BCUT2D eigenvalue weighted by Crippen LogP contribution is 2.29. The molecular weight excluding hydrogens is 140 g/mol. The maximum atomic E-state index is 5.10. The van der Waals surface area contributed by atoms with Crippen LogP contribution >= 0.6 is 21.6 Å². The molecule has 0 aromatic rings. The normalized spacial score (nSPS) is 30.4. The molecule has 8 heavy (non-hydrogen) atoms. The lowest BCUT2D eigenvalue weighted by atomic mass is 10.3. The fourth-order valence-electron chi connectivity index (χ4n) is 0.542.